The number of para-hydroxylation sites is 1. The van der Waals surface area contributed by atoms with Crippen LogP contribution in [0.1, 0.15) is 23.2 Å². The number of hydrogen-bond acceptors (Lipinski definition) is 4. The van der Waals surface area contributed by atoms with Crippen molar-refractivity contribution < 1.29 is 28.8 Å². The van der Waals surface area contributed by atoms with Gasteiger partial charge in [0.15, 0.2) is 0 Å². The summed E-state index contributed by atoms with van der Waals surface area (Å²) in [4.78, 5) is 13.9. The number of carboxylic acids is 1. The van der Waals surface area contributed by atoms with Crippen LogP contribution in [0.4, 0.5) is 0 Å². The zero-order valence-electron chi connectivity index (χ0n) is 14.2. The average Bonchev–Trinajstić information content (AvgIpc) is 2.99. The molecule has 0 aliphatic carbocycles. The van der Waals surface area contributed by atoms with E-state index in [0.29, 0.717) is 6.04 Å². The van der Waals surface area contributed by atoms with Crippen LogP contribution in [0.2, 0.25) is 0 Å². The van der Waals surface area contributed by atoms with E-state index in [4.69, 9.17) is 0 Å². The summed E-state index contributed by atoms with van der Waals surface area (Å²) < 4.78 is 2.02. The van der Waals surface area contributed by atoms with Gasteiger partial charge in [-0.3, -0.25) is 0 Å². The first-order valence-electron chi connectivity index (χ1n) is 8.47. The van der Waals surface area contributed by atoms with Crippen LogP contribution in [0.15, 0.2) is 30.5 Å². The topological polar surface area (TPSA) is 60.3 Å². The van der Waals surface area contributed by atoms with Gasteiger partial charge in [-0.25, -0.2) is 0 Å². The molecule has 3 saturated heterocycles. The molecule has 0 spiro atoms. The number of fused-ring (bicyclic) bond motifs is 4. The van der Waals surface area contributed by atoms with E-state index in [1.807, 2.05) is 22.9 Å². The summed E-state index contributed by atoms with van der Waals surface area (Å²) in [6.45, 7) is 5.29. The summed E-state index contributed by atoms with van der Waals surface area (Å²) in [7, 11) is 0. The van der Waals surface area contributed by atoms with E-state index in [-0.39, 0.29) is 24.4 Å². The number of aromatic carboxylic acids is 1. The van der Waals surface area contributed by atoms with E-state index in [1.165, 1.54) is 25.9 Å². The zero-order valence-corrected chi connectivity index (χ0v) is 14.2. The Kier molecular flexibility index (Phi) is 5.36. The third-order valence-corrected chi connectivity index (χ3v) is 5.42. The van der Waals surface area contributed by atoms with Crippen molar-refractivity contribution in [2.24, 2.45) is 5.92 Å². The number of carbonyl (C=O) groups excluding carboxylic acids is 1. The SMILES string of the molecule is O=C([O-])c1cccc2ccn(CCN[C@@H]3CN4CCC3CC4)c12.[Li+]. The fourth-order valence-electron chi connectivity index (χ4n) is 4.18. The van der Waals surface area contributed by atoms with Crippen LogP contribution in [0.3, 0.4) is 0 Å². The number of carboxylic acid groups (broad SMARTS) is 1. The zero-order chi connectivity index (χ0) is 15.8. The van der Waals surface area contributed by atoms with Crippen molar-refractivity contribution >= 4 is 16.9 Å². The Morgan fingerprint density at radius 2 is 2.04 bits per heavy atom. The Morgan fingerprint density at radius 1 is 1.25 bits per heavy atom. The van der Waals surface area contributed by atoms with Gasteiger partial charge in [-0.05, 0) is 37.9 Å². The average molecular weight is 319 g/mol. The summed E-state index contributed by atoms with van der Waals surface area (Å²) in [5, 5.41) is 16.0. The number of nitrogens with zero attached hydrogens (tertiary/aromatic N) is 2. The number of rotatable bonds is 5. The van der Waals surface area contributed by atoms with Gasteiger partial charge in [0.1, 0.15) is 0 Å². The number of carbonyl (C=O) groups is 1. The van der Waals surface area contributed by atoms with Crippen LogP contribution in [0.25, 0.3) is 10.9 Å². The molecule has 1 aromatic heterocycles. The molecule has 3 fully saturated rings. The number of aromatic nitrogens is 1. The number of piperidine rings is 3. The van der Waals surface area contributed by atoms with Gasteiger partial charge in [0, 0.05) is 42.8 Å². The van der Waals surface area contributed by atoms with Crippen LogP contribution >= 0.6 is 0 Å². The molecule has 0 unspecified atom stereocenters. The Bertz CT molecular complexity index is 722. The van der Waals surface area contributed by atoms with Crippen molar-refractivity contribution in [2.75, 3.05) is 26.2 Å². The maximum Gasteiger partial charge on any atom is 1.00 e. The molecule has 6 heteroatoms. The maximum atomic E-state index is 11.3. The molecule has 2 aromatic rings. The molecular formula is C18H22LiN3O2. The Balaban J connectivity index is 0.00000169. The van der Waals surface area contributed by atoms with E-state index >= 15 is 0 Å². The third kappa shape index (κ3) is 3.27. The molecule has 1 atom stereocenters. The second kappa shape index (κ2) is 7.33. The van der Waals surface area contributed by atoms with Crippen LogP contribution in [-0.2, 0) is 6.54 Å². The molecule has 2 bridgehead atoms. The molecule has 0 radical (unpaired) electrons. The van der Waals surface area contributed by atoms with Gasteiger partial charge in [-0.15, -0.1) is 0 Å². The van der Waals surface area contributed by atoms with E-state index in [9.17, 15) is 9.90 Å². The quantitative estimate of drug-likeness (QED) is 0.630. The van der Waals surface area contributed by atoms with Crippen molar-refractivity contribution in [3.05, 3.63) is 36.0 Å². The molecule has 5 nitrogen and oxygen atoms in total. The standard InChI is InChI=1S/C18H23N3O2.Li/c22-18(23)15-3-1-2-14-6-10-21(17(14)15)11-7-19-16-12-20-8-4-13(16)5-9-20;/h1-3,6,10,13,16,19H,4-5,7-9,11-12H2,(H,22,23);/q;+1/p-1/t16-;/m1./s1. The Hall–Kier alpha value is -1.25. The van der Waals surface area contributed by atoms with Crippen LogP contribution in [0.5, 0.6) is 0 Å². The fraction of sp³-hybridized carbons (Fsp3) is 0.500. The summed E-state index contributed by atoms with van der Waals surface area (Å²) in [6.07, 6.45) is 4.58. The summed E-state index contributed by atoms with van der Waals surface area (Å²) >= 11 is 0. The van der Waals surface area contributed by atoms with E-state index in [0.717, 1.165) is 36.5 Å². The molecule has 5 rings (SSSR count). The van der Waals surface area contributed by atoms with E-state index < -0.39 is 5.97 Å². The van der Waals surface area contributed by atoms with Gasteiger partial charge in [0.25, 0.3) is 0 Å². The number of benzene rings is 1. The van der Waals surface area contributed by atoms with Crippen LogP contribution in [-0.4, -0.2) is 47.7 Å². The maximum absolute atomic E-state index is 11.3. The van der Waals surface area contributed by atoms with Gasteiger partial charge < -0.3 is 24.7 Å². The van der Waals surface area contributed by atoms with Crippen molar-refractivity contribution in [3.63, 3.8) is 0 Å². The van der Waals surface area contributed by atoms with Crippen LogP contribution in [0, 0.1) is 5.92 Å². The molecule has 0 saturated carbocycles. The van der Waals surface area contributed by atoms with Gasteiger partial charge in [-0.1, -0.05) is 18.2 Å². The molecule has 1 aromatic carbocycles. The summed E-state index contributed by atoms with van der Waals surface area (Å²) in [6, 6.07) is 7.88. The minimum Gasteiger partial charge on any atom is -0.545 e. The Labute approximate surface area is 154 Å². The van der Waals surface area contributed by atoms with Crippen molar-refractivity contribution in [1.82, 2.24) is 14.8 Å². The second-order valence-corrected chi connectivity index (χ2v) is 6.74. The molecule has 3 aliphatic rings. The fourth-order valence-corrected chi connectivity index (χ4v) is 4.18. The minimum absolute atomic E-state index is 0. The number of nitrogens with one attached hydrogen (secondary N) is 1. The summed E-state index contributed by atoms with van der Waals surface area (Å²) in [5.74, 6) is -0.305. The normalized spacial score (nSPS) is 25.6. The van der Waals surface area contributed by atoms with Crippen molar-refractivity contribution in [1.29, 1.82) is 0 Å². The smallest absolute Gasteiger partial charge is 0.545 e. The van der Waals surface area contributed by atoms with Gasteiger partial charge in [-0.2, -0.15) is 0 Å². The van der Waals surface area contributed by atoms with E-state index in [2.05, 4.69) is 10.2 Å². The van der Waals surface area contributed by atoms with Gasteiger partial charge >= 0.3 is 18.9 Å². The van der Waals surface area contributed by atoms with Gasteiger partial charge in [0.2, 0.25) is 0 Å². The molecule has 1 N–H and O–H groups in total. The molecule has 3 aliphatic heterocycles. The first-order chi connectivity index (χ1) is 11.2. The van der Waals surface area contributed by atoms with Crippen molar-refractivity contribution in [3.8, 4) is 0 Å². The minimum atomic E-state index is -1.11. The molecule has 122 valence electrons. The molecule has 4 heterocycles. The third-order valence-electron chi connectivity index (χ3n) is 5.42. The molecule has 24 heavy (non-hydrogen) atoms. The molecule has 0 amide bonds. The first-order valence-corrected chi connectivity index (χ1v) is 8.47. The number of hydrogen-bond donors (Lipinski definition) is 1. The van der Waals surface area contributed by atoms with Gasteiger partial charge in [0.05, 0.1) is 11.5 Å². The van der Waals surface area contributed by atoms with E-state index in [1.54, 1.807) is 12.1 Å². The Morgan fingerprint density at radius 3 is 2.71 bits per heavy atom. The second-order valence-electron chi connectivity index (χ2n) is 6.74. The molecular weight excluding hydrogens is 297 g/mol. The first kappa shape index (κ1) is 17.6. The predicted molar refractivity (Wildman–Crippen MR) is 87.2 cm³/mol. The summed E-state index contributed by atoms with van der Waals surface area (Å²) in [5.41, 5.74) is 1.04. The largest absolute Gasteiger partial charge is 1.00 e. The predicted octanol–water partition coefficient (Wildman–Crippen LogP) is -2.31. The monoisotopic (exact) mass is 319 g/mol. The van der Waals surface area contributed by atoms with Crippen molar-refractivity contribution in [2.45, 2.75) is 25.4 Å². The van der Waals surface area contributed by atoms with Crippen LogP contribution < -0.4 is 29.3 Å².